The minimum atomic E-state index is -1.38. The van der Waals surface area contributed by atoms with E-state index in [0.717, 1.165) is 4.90 Å². The molecule has 4 amide bonds. The molecular formula is C18H24N4O5. The van der Waals surface area contributed by atoms with Crippen LogP contribution in [0.3, 0.4) is 0 Å². The van der Waals surface area contributed by atoms with Gasteiger partial charge in [0.05, 0.1) is 4.92 Å². The van der Waals surface area contributed by atoms with Crippen molar-refractivity contribution < 1.29 is 19.3 Å². The Bertz CT molecular complexity index is 766. The number of carbonyl (C=O) groups excluding carboxylic acids is 3. The van der Waals surface area contributed by atoms with E-state index in [1.165, 1.54) is 31.2 Å². The Balaban J connectivity index is 2.25. The van der Waals surface area contributed by atoms with Gasteiger partial charge in [0.25, 0.3) is 11.6 Å². The van der Waals surface area contributed by atoms with Crippen LogP contribution in [0, 0.1) is 10.1 Å². The van der Waals surface area contributed by atoms with E-state index >= 15 is 0 Å². The largest absolute Gasteiger partial charge is 0.336 e. The normalized spacial score (nSPS) is 19.6. The van der Waals surface area contributed by atoms with Gasteiger partial charge in [0.2, 0.25) is 5.91 Å². The summed E-state index contributed by atoms with van der Waals surface area (Å²) < 4.78 is 0. The van der Waals surface area contributed by atoms with E-state index in [-0.39, 0.29) is 30.2 Å². The van der Waals surface area contributed by atoms with Gasteiger partial charge in [-0.1, -0.05) is 0 Å². The molecule has 1 N–H and O–H groups in total. The molecule has 0 aromatic heterocycles. The van der Waals surface area contributed by atoms with Crippen LogP contribution >= 0.6 is 0 Å². The van der Waals surface area contributed by atoms with Crippen molar-refractivity contribution in [2.45, 2.75) is 52.2 Å². The molecule has 1 atom stereocenters. The predicted octanol–water partition coefficient (Wildman–Crippen LogP) is 2.01. The molecule has 2 rings (SSSR count). The summed E-state index contributed by atoms with van der Waals surface area (Å²) in [6.07, 6.45) is 0. The van der Waals surface area contributed by atoms with Crippen LogP contribution in [0.5, 0.6) is 0 Å². The fourth-order valence-corrected chi connectivity index (χ4v) is 3.34. The minimum absolute atomic E-state index is 0.0701. The first-order chi connectivity index (χ1) is 12.5. The molecule has 27 heavy (non-hydrogen) atoms. The zero-order chi connectivity index (χ0) is 20.5. The standard InChI is InChI=1S/C18H24N4O5/c1-11(2)21(12(3)4)15(23)10-20-16(24)18(5,19-17(20)25)13-6-8-14(9-7-13)22(26)27/h6-9,11-12H,10H2,1-5H3,(H,19,25). The highest BCUT2D eigenvalue weighted by atomic mass is 16.6. The molecule has 1 aromatic rings. The monoisotopic (exact) mass is 376 g/mol. The van der Waals surface area contributed by atoms with Gasteiger partial charge in [0.1, 0.15) is 12.1 Å². The summed E-state index contributed by atoms with van der Waals surface area (Å²) in [5.41, 5.74) is -1.09. The van der Waals surface area contributed by atoms with E-state index in [9.17, 15) is 24.5 Å². The molecule has 0 saturated carbocycles. The maximum atomic E-state index is 12.9. The van der Waals surface area contributed by atoms with Crippen molar-refractivity contribution in [1.29, 1.82) is 0 Å². The van der Waals surface area contributed by atoms with Crippen LogP contribution in [0.15, 0.2) is 24.3 Å². The Hall–Kier alpha value is -2.97. The number of imide groups is 1. The number of non-ortho nitro benzene ring substituents is 1. The molecule has 1 aromatic carbocycles. The fraction of sp³-hybridized carbons (Fsp3) is 0.500. The van der Waals surface area contributed by atoms with E-state index < -0.39 is 22.4 Å². The second-order valence-corrected chi connectivity index (χ2v) is 7.24. The zero-order valence-corrected chi connectivity index (χ0v) is 16.1. The lowest BCUT2D eigenvalue weighted by molar-refractivity contribution is -0.384. The van der Waals surface area contributed by atoms with Crippen molar-refractivity contribution in [2.75, 3.05) is 6.54 Å². The molecule has 9 nitrogen and oxygen atoms in total. The molecule has 1 saturated heterocycles. The Morgan fingerprint density at radius 1 is 1.19 bits per heavy atom. The SMILES string of the molecule is CC(C)N(C(=O)CN1C(=O)NC(C)(c2ccc([N+](=O)[O-])cc2)C1=O)C(C)C. The first kappa shape index (κ1) is 20.3. The average Bonchev–Trinajstić information content (AvgIpc) is 2.78. The van der Waals surface area contributed by atoms with Crippen molar-refractivity contribution >= 4 is 23.5 Å². The van der Waals surface area contributed by atoms with Crippen LogP contribution in [0.4, 0.5) is 10.5 Å². The van der Waals surface area contributed by atoms with Crippen LogP contribution in [0.1, 0.15) is 40.2 Å². The van der Waals surface area contributed by atoms with Crippen molar-refractivity contribution in [1.82, 2.24) is 15.1 Å². The van der Waals surface area contributed by atoms with Crippen LogP contribution in [0.25, 0.3) is 0 Å². The molecule has 1 unspecified atom stereocenters. The third-order valence-electron chi connectivity index (χ3n) is 4.62. The Labute approximate surface area is 157 Å². The summed E-state index contributed by atoms with van der Waals surface area (Å²) in [4.78, 5) is 50.6. The Morgan fingerprint density at radius 2 is 1.70 bits per heavy atom. The fourth-order valence-electron chi connectivity index (χ4n) is 3.34. The van der Waals surface area contributed by atoms with E-state index in [1.807, 2.05) is 27.7 Å². The predicted molar refractivity (Wildman–Crippen MR) is 97.8 cm³/mol. The third-order valence-corrected chi connectivity index (χ3v) is 4.62. The summed E-state index contributed by atoms with van der Waals surface area (Å²) in [5.74, 6) is -0.890. The van der Waals surface area contributed by atoms with Crippen LogP contribution < -0.4 is 5.32 Å². The first-order valence-corrected chi connectivity index (χ1v) is 8.69. The topological polar surface area (TPSA) is 113 Å². The third kappa shape index (κ3) is 3.76. The Kier molecular flexibility index (Phi) is 5.53. The van der Waals surface area contributed by atoms with Gasteiger partial charge in [-0.05, 0) is 52.3 Å². The van der Waals surface area contributed by atoms with Crippen LogP contribution in [-0.4, -0.2) is 51.2 Å². The second kappa shape index (κ2) is 7.34. The summed E-state index contributed by atoms with van der Waals surface area (Å²) in [5, 5.41) is 13.4. The summed E-state index contributed by atoms with van der Waals surface area (Å²) in [7, 11) is 0. The molecule has 9 heteroatoms. The molecule has 0 aliphatic carbocycles. The Morgan fingerprint density at radius 3 is 2.15 bits per heavy atom. The number of nitro groups is 1. The average molecular weight is 376 g/mol. The highest BCUT2D eigenvalue weighted by Crippen LogP contribution is 2.30. The van der Waals surface area contributed by atoms with Crippen molar-refractivity contribution in [3.63, 3.8) is 0 Å². The van der Waals surface area contributed by atoms with Gasteiger partial charge in [-0.2, -0.15) is 0 Å². The smallest absolute Gasteiger partial charge is 0.325 e. The number of nitrogens with zero attached hydrogens (tertiary/aromatic N) is 3. The maximum Gasteiger partial charge on any atom is 0.325 e. The summed E-state index contributed by atoms with van der Waals surface area (Å²) in [6, 6.07) is 4.59. The van der Waals surface area contributed by atoms with Crippen molar-refractivity contribution in [2.24, 2.45) is 0 Å². The number of hydrogen-bond acceptors (Lipinski definition) is 5. The second-order valence-electron chi connectivity index (χ2n) is 7.24. The van der Waals surface area contributed by atoms with E-state index in [2.05, 4.69) is 5.32 Å². The highest BCUT2D eigenvalue weighted by Gasteiger charge is 2.50. The van der Waals surface area contributed by atoms with Gasteiger partial charge >= 0.3 is 6.03 Å². The summed E-state index contributed by atoms with van der Waals surface area (Å²) >= 11 is 0. The number of benzene rings is 1. The molecule has 0 radical (unpaired) electrons. The molecular weight excluding hydrogens is 352 g/mol. The molecule has 1 aliphatic rings. The minimum Gasteiger partial charge on any atom is -0.336 e. The number of nitrogens with one attached hydrogen (secondary N) is 1. The molecule has 1 heterocycles. The van der Waals surface area contributed by atoms with Crippen molar-refractivity contribution in [3.05, 3.63) is 39.9 Å². The molecule has 146 valence electrons. The number of rotatable bonds is 6. The number of hydrogen-bond donors (Lipinski definition) is 1. The molecule has 0 bridgehead atoms. The van der Waals surface area contributed by atoms with E-state index in [0.29, 0.717) is 5.56 Å². The number of urea groups is 1. The zero-order valence-electron chi connectivity index (χ0n) is 16.1. The van der Waals surface area contributed by atoms with Gasteiger partial charge in [-0.25, -0.2) is 4.79 Å². The van der Waals surface area contributed by atoms with E-state index in [1.54, 1.807) is 4.90 Å². The van der Waals surface area contributed by atoms with Gasteiger partial charge in [0.15, 0.2) is 0 Å². The lowest BCUT2D eigenvalue weighted by atomic mass is 9.92. The molecule has 1 aliphatic heterocycles. The van der Waals surface area contributed by atoms with Gasteiger partial charge in [0, 0.05) is 24.2 Å². The number of amides is 4. The lowest BCUT2D eigenvalue weighted by Crippen LogP contribution is -2.49. The van der Waals surface area contributed by atoms with Crippen LogP contribution in [-0.2, 0) is 15.1 Å². The van der Waals surface area contributed by atoms with Crippen LogP contribution in [0.2, 0.25) is 0 Å². The quantitative estimate of drug-likeness (QED) is 0.463. The highest BCUT2D eigenvalue weighted by molar-refractivity contribution is 6.09. The van der Waals surface area contributed by atoms with Gasteiger partial charge < -0.3 is 10.2 Å². The molecule has 0 spiro atoms. The molecule has 1 fully saturated rings. The maximum absolute atomic E-state index is 12.9. The van der Waals surface area contributed by atoms with E-state index in [4.69, 9.17) is 0 Å². The number of carbonyl (C=O) groups is 3. The first-order valence-electron chi connectivity index (χ1n) is 8.69. The van der Waals surface area contributed by atoms with Crippen molar-refractivity contribution in [3.8, 4) is 0 Å². The lowest BCUT2D eigenvalue weighted by Gasteiger charge is -2.32. The van der Waals surface area contributed by atoms with Gasteiger partial charge in [-0.3, -0.25) is 24.6 Å². The summed E-state index contributed by atoms with van der Waals surface area (Å²) in [6.45, 7) is 8.62. The van der Waals surface area contributed by atoms with Gasteiger partial charge in [-0.15, -0.1) is 0 Å². The number of nitro benzene ring substituents is 1.